The second kappa shape index (κ2) is 35.3. The smallest absolute Gasteiger partial charge is 0.144 e. The Bertz CT molecular complexity index is 4040. The van der Waals surface area contributed by atoms with E-state index in [2.05, 4.69) is 131 Å². The quantitative estimate of drug-likeness (QED) is 0.134. The van der Waals surface area contributed by atoms with Crippen LogP contribution < -0.4 is 5.73 Å². The van der Waals surface area contributed by atoms with Crippen molar-refractivity contribution in [1.29, 1.82) is 5.26 Å². The predicted octanol–water partition coefficient (Wildman–Crippen LogP) is 17.5. The lowest BCUT2D eigenvalue weighted by Gasteiger charge is -1.98. The molecular weight excluding hydrogens is 1180 g/mol. The third-order valence-electron chi connectivity index (χ3n) is 12.0. The molecule has 5 unspecified atom stereocenters. The van der Waals surface area contributed by atoms with Crippen LogP contribution in [0.2, 0.25) is 10.0 Å². The van der Waals surface area contributed by atoms with Crippen LogP contribution in [0.1, 0.15) is 79.8 Å². The Morgan fingerprint density at radius 3 is 1.15 bits per heavy atom. The number of pyridine rings is 7. The number of rotatable bonds is 1. The summed E-state index contributed by atoms with van der Waals surface area (Å²) in [7, 11) is 12.9. The van der Waals surface area contributed by atoms with Crippen LogP contribution in [0.25, 0.3) is 77.2 Å². The molecule has 84 heavy (non-hydrogen) atoms. The van der Waals surface area contributed by atoms with Crippen LogP contribution in [0.4, 0.5) is 0 Å². The maximum atomic E-state index is 8.75. The molecule has 0 saturated carbocycles. The molecule has 14 rings (SSSR count). The van der Waals surface area contributed by atoms with E-state index in [0.29, 0.717) is 12.1 Å². The molecule has 444 valence electrons. The van der Waals surface area contributed by atoms with Crippen molar-refractivity contribution in [3.05, 3.63) is 210 Å². The molecule has 0 bridgehead atoms. The topological polar surface area (TPSA) is 196 Å². The van der Waals surface area contributed by atoms with Crippen molar-refractivity contribution < 1.29 is 0 Å². The minimum Gasteiger partial charge on any atom is -0.346 e. The number of hydrogen-bond acceptors (Lipinski definition) is 9. The first-order chi connectivity index (χ1) is 37.3. The van der Waals surface area contributed by atoms with Gasteiger partial charge in [0.1, 0.15) is 39.5 Å². The van der Waals surface area contributed by atoms with Gasteiger partial charge in [0.15, 0.2) is 0 Å². The molecule has 0 aliphatic heterocycles. The first-order valence-electron chi connectivity index (χ1n) is 23.5. The van der Waals surface area contributed by atoms with Crippen molar-refractivity contribution in [1.82, 2.24) is 66.5 Å². The van der Waals surface area contributed by atoms with Crippen LogP contribution in [0.15, 0.2) is 172 Å². The van der Waals surface area contributed by atoms with Crippen LogP contribution in [-0.2, 0) is 6.54 Å². The summed E-state index contributed by atoms with van der Waals surface area (Å²) < 4.78 is 9.48. The zero-order valence-electron chi connectivity index (χ0n) is 41.9. The minimum absolute atomic E-state index is 0. The number of hydrogen-bond donors (Lipinski definition) is 3. The lowest BCUT2D eigenvalue weighted by molar-refractivity contribution is 1.08. The minimum atomic E-state index is 0. The van der Waals surface area contributed by atoms with E-state index in [1.807, 2.05) is 138 Å². The van der Waals surface area contributed by atoms with Crippen molar-refractivity contribution in [2.45, 2.75) is 79.3 Å². The van der Waals surface area contributed by atoms with Gasteiger partial charge in [-0.2, -0.15) is 5.26 Å². The van der Waals surface area contributed by atoms with E-state index in [9.17, 15) is 0 Å². The van der Waals surface area contributed by atoms with Gasteiger partial charge >= 0.3 is 0 Å². The van der Waals surface area contributed by atoms with E-state index in [1.165, 1.54) is 32.8 Å². The third-order valence-corrected chi connectivity index (χ3v) is 14.7. The summed E-state index contributed by atoms with van der Waals surface area (Å²) in [5.41, 5.74) is 17.7. The molecule has 14 heterocycles. The van der Waals surface area contributed by atoms with E-state index in [1.54, 1.807) is 43.0 Å². The monoisotopic (exact) mass is 1260 g/mol. The highest BCUT2D eigenvalue weighted by Gasteiger charge is 2.06. The summed E-state index contributed by atoms with van der Waals surface area (Å²) >= 11 is 11.7. The van der Waals surface area contributed by atoms with Crippen LogP contribution >= 0.6 is 70.2 Å². The van der Waals surface area contributed by atoms with Crippen LogP contribution in [0, 0.1) is 32.1 Å². The van der Waals surface area contributed by atoms with Crippen molar-refractivity contribution in [3.63, 3.8) is 0 Å². The van der Waals surface area contributed by atoms with Gasteiger partial charge in [0.25, 0.3) is 0 Å². The first-order valence-corrected chi connectivity index (χ1v) is 26.8. The van der Waals surface area contributed by atoms with E-state index < -0.39 is 0 Å². The Hall–Kier alpha value is -6.99. The van der Waals surface area contributed by atoms with E-state index in [-0.39, 0.29) is 52.0 Å². The Labute approximate surface area is 516 Å². The summed E-state index contributed by atoms with van der Waals surface area (Å²) in [6, 6.07) is 29.3. The van der Waals surface area contributed by atoms with Crippen molar-refractivity contribution in [2.24, 2.45) is 5.73 Å². The molecule has 23 heteroatoms. The maximum absolute atomic E-state index is 8.75. The van der Waals surface area contributed by atoms with Gasteiger partial charge in [-0.3, -0.25) is 0 Å². The Morgan fingerprint density at radius 2 is 0.726 bits per heavy atom. The number of H-pyrrole nitrogens is 2. The van der Waals surface area contributed by atoms with Gasteiger partial charge in [0.05, 0.1) is 21.7 Å². The summed E-state index contributed by atoms with van der Waals surface area (Å²) in [5.74, 6) is 0. The van der Waals surface area contributed by atoms with Gasteiger partial charge in [-0.15, -0.1) is 0 Å². The van der Waals surface area contributed by atoms with Crippen molar-refractivity contribution in [3.8, 4) is 6.07 Å². The Balaban J connectivity index is 0.000000484. The lowest BCUT2D eigenvalue weighted by Crippen LogP contribution is -1.97. The fraction of sp³-hybridized carbons (Fsp3) is 0.180. The highest BCUT2D eigenvalue weighted by molar-refractivity contribution is 7.15. The largest absolute Gasteiger partial charge is 0.346 e. The number of halogens is 2. The van der Waals surface area contributed by atoms with Crippen LogP contribution in [0.3, 0.4) is 0 Å². The predicted molar refractivity (Wildman–Crippen MR) is 380 cm³/mol. The molecule has 0 aromatic carbocycles. The summed E-state index contributed by atoms with van der Waals surface area (Å²) in [5, 5.41) is 17.9. The van der Waals surface area contributed by atoms with Crippen LogP contribution in [-0.4, -0.2) is 66.5 Å². The highest BCUT2D eigenvalue weighted by Crippen LogP contribution is 2.25. The SMILES string of the molecule is C.C.C.C.C.C.C.Cc1ccnc2[nH]ccc12.Cc1ccnc2c1ccn2P.Cc1ccnc2c1ccn2P.Clc1ccnc2[nH]ccc12.N#Cc1ccnc2c1ccn2P.NCc1ccnc2c1ccn2P.Pn1ccc2c(Cl)ccnc21. The molecular formula is C61H81Cl2N16P5. The van der Waals surface area contributed by atoms with Gasteiger partial charge in [-0.25, -0.2) is 34.9 Å². The zero-order valence-corrected chi connectivity index (χ0v) is 49.2. The fourth-order valence-corrected chi connectivity index (χ4v) is 9.75. The number of nitrogens with two attached hydrogens (primary N) is 1. The number of nitriles is 1. The molecule has 16 nitrogen and oxygen atoms in total. The van der Waals surface area contributed by atoms with E-state index in [4.69, 9.17) is 34.2 Å². The molecule has 5 atom stereocenters. The molecule has 0 radical (unpaired) electrons. The first kappa shape index (κ1) is 75.0. The Morgan fingerprint density at radius 1 is 0.405 bits per heavy atom. The number of fused-ring (bicyclic) bond motifs is 7. The molecule has 0 amide bonds. The van der Waals surface area contributed by atoms with Gasteiger partial charge in [0.2, 0.25) is 0 Å². The number of aryl methyl sites for hydroxylation is 3. The Kier molecular flexibility index (Phi) is 31.6. The van der Waals surface area contributed by atoms with E-state index >= 15 is 0 Å². The molecule has 14 aromatic rings. The number of aromatic nitrogens is 14. The second-order valence-corrected chi connectivity index (χ2v) is 20.5. The van der Waals surface area contributed by atoms with Crippen molar-refractivity contribution in [2.75, 3.05) is 0 Å². The summed E-state index contributed by atoms with van der Waals surface area (Å²) in [4.78, 5) is 35.2. The van der Waals surface area contributed by atoms with Crippen LogP contribution in [0.5, 0.6) is 0 Å². The number of nitrogens with one attached hydrogen (secondary N) is 2. The third kappa shape index (κ3) is 17.8. The standard InChI is InChI=1S/C8H10N3P.C8H6N3P.2C8H9N2P.C8H8N2.C7H6ClN2P.C7H5ClN2.7CH4/c2*9-5-6-1-3-10-8-7(6)2-4-11(8)12;2*1-6-2-4-9-8-7(6)3-5-10(8)11;1-6-2-4-9-8-7(6)3-5-10-8;8-6-1-3-9-7-5(6)2-4-10(7)11;8-6-2-4-10-7-5(6)1-3-9-7;;;;;;;/h1-4H,5,9,12H2;1-4H,12H2;2*2-5H,11H2,1H3;2-5H,1H3,(H,9,10);1-4H,11H2;1-4H,(H,9,10);7*1H4. The normalized spacial score (nSPS) is 9.69. The van der Waals surface area contributed by atoms with Gasteiger partial charge in [-0.05, 0) is 175 Å². The zero-order chi connectivity index (χ0) is 54.6. The molecule has 0 aliphatic rings. The summed E-state index contributed by atoms with van der Waals surface area (Å²) in [6.45, 7) is 6.83. The molecule has 0 fully saturated rings. The van der Waals surface area contributed by atoms with Gasteiger partial charge in [0, 0.05) is 131 Å². The van der Waals surface area contributed by atoms with Crippen molar-refractivity contribution >= 4 is 147 Å². The number of nitrogens with zero attached hydrogens (tertiary/aromatic N) is 13. The molecule has 4 N–H and O–H groups in total. The highest BCUT2D eigenvalue weighted by atomic mass is 35.5. The average molecular weight is 1260 g/mol. The van der Waals surface area contributed by atoms with Gasteiger partial charge in [-0.1, -0.05) is 75.2 Å². The molecule has 14 aromatic heterocycles. The second-order valence-electron chi connectivity index (χ2n) is 16.9. The van der Waals surface area contributed by atoms with Gasteiger partial charge < -0.3 is 37.4 Å². The lowest BCUT2D eigenvalue weighted by atomic mass is 10.2. The molecule has 0 saturated heterocycles. The average Bonchev–Trinajstić information content (AvgIpc) is 4.47. The molecule has 0 spiro atoms. The maximum Gasteiger partial charge on any atom is 0.144 e. The number of aromatic amines is 2. The fourth-order valence-electron chi connectivity index (χ4n) is 7.88. The molecule has 0 aliphatic carbocycles. The summed E-state index contributed by atoms with van der Waals surface area (Å²) in [6.07, 6.45) is 25.7. The van der Waals surface area contributed by atoms with E-state index in [0.717, 1.165) is 76.7 Å².